The lowest BCUT2D eigenvalue weighted by atomic mass is 9.96. The number of alkyl halides is 1. The molecule has 0 heterocycles. The predicted molar refractivity (Wildman–Crippen MR) is 60.4 cm³/mol. The largest absolute Gasteiger partial charge is 0.486 e. The quantitative estimate of drug-likeness (QED) is 0.738. The van der Waals surface area contributed by atoms with Crippen molar-refractivity contribution in [2.75, 3.05) is 0 Å². The summed E-state index contributed by atoms with van der Waals surface area (Å²) in [4.78, 5) is 0.449. The summed E-state index contributed by atoms with van der Waals surface area (Å²) in [6.07, 6.45) is 1.72. The van der Waals surface area contributed by atoms with E-state index in [2.05, 4.69) is 31.9 Å². The van der Waals surface area contributed by atoms with E-state index in [-0.39, 0.29) is 11.9 Å². The molecule has 0 radical (unpaired) electrons. The molecule has 0 unspecified atom stereocenters. The second-order valence-corrected chi connectivity index (χ2v) is 5.66. The van der Waals surface area contributed by atoms with E-state index in [4.69, 9.17) is 4.74 Å². The van der Waals surface area contributed by atoms with Crippen molar-refractivity contribution < 1.29 is 13.5 Å². The van der Waals surface area contributed by atoms with Gasteiger partial charge in [0.1, 0.15) is 11.9 Å². The SMILES string of the molecule is Fc1cc(F)c(OC2CC(Br)C2)c(Br)c1. The molecular formula is C10H8Br2F2O. The Bertz CT molecular complexity index is 355. The fourth-order valence-corrected chi connectivity index (χ4v) is 2.74. The minimum atomic E-state index is -0.667. The molecule has 1 fully saturated rings. The third-order valence-electron chi connectivity index (χ3n) is 2.28. The lowest BCUT2D eigenvalue weighted by Crippen LogP contribution is -2.34. The van der Waals surface area contributed by atoms with Crippen molar-refractivity contribution in [3.8, 4) is 5.75 Å². The maximum absolute atomic E-state index is 13.3. The van der Waals surface area contributed by atoms with Crippen LogP contribution in [0.25, 0.3) is 0 Å². The number of benzene rings is 1. The van der Waals surface area contributed by atoms with Crippen LogP contribution < -0.4 is 4.74 Å². The monoisotopic (exact) mass is 340 g/mol. The van der Waals surface area contributed by atoms with E-state index in [1.807, 2.05) is 0 Å². The molecule has 2 rings (SSSR count). The van der Waals surface area contributed by atoms with Crippen LogP contribution in [0.5, 0.6) is 5.75 Å². The third-order valence-corrected chi connectivity index (χ3v) is 3.62. The summed E-state index contributed by atoms with van der Waals surface area (Å²) < 4.78 is 31.8. The maximum atomic E-state index is 13.3. The van der Waals surface area contributed by atoms with Gasteiger partial charge in [-0.3, -0.25) is 0 Å². The van der Waals surface area contributed by atoms with Gasteiger partial charge >= 0.3 is 0 Å². The Morgan fingerprint density at radius 3 is 2.47 bits per heavy atom. The molecule has 0 saturated heterocycles. The van der Waals surface area contributed by atoms with Crippen molar-refractivity contribution in [1.29, 1.82) is 0 Å². The molecule has 5 heteroatoms. The highest BCUT2D eigenvalue weighted by Gasteiger charge is 2.30. The van der Waals surface area contributed by atoms with E-state index >= 15 is 0 Å². The highest BCUT2D eigenvalue weighted by Crippen LogP contribution is 2.35. The van der Waals surface area contributed by atoms with E-state index in [0.717, 1.165) is 18.9 Å². The zero-order chi connectivity index (χ0) is 11.0. The van der Waals surface area contributed by atoms with E-state index in [0.29, 0.717) is 9.30 Å². The van der Waals surface area contributed by atoms with Crippen molar-refractivity contribution in [1.82, 2.24) is 0 Å². The molecule has 15 heavy (non-hydrogen) atoms. The van der Waals surface area contributed by atoms with Crippen molar-refractivity contribution in [3.05, 3.63) is 28.2 Å². The van der Waals surface area contributed by atoms with Gasteiger partial charge in [-0.25, -0.2) is 8.78 Å². The summed E-state index contributed by atoms with van der Waals surface area (Å²) in [5.41, 5.74) is 0. The molecule has 0 N–H and O–H groups in total. The number of rotatable bonds is 2. The van der Waals surface area contributed by atoms with Gasteiger partial charge in [0.25, 0.3) is 0 Å². The average Bonchev–Trinajstić information content (AvgIpc) is 2.07. The number of halogens is 4. The first-order valence-electron chi connectivity index (χ1n) is 4.51. The smallest absolute Gasteiger partial charge is 0.169 e. The Morgan fingerprint density at radius 1 is 1.27 bits per heavy atom. The lowest BCUT2D eigenvalue weighted by molar-refractivity contribution is 0.121. The van der Waals surface area contributed by atoms with Gasteiger partial charge in [0.2, 0.25) is 0 Å². The molecular weight excluding hydrogens is 334 g/mol. The average molecular weight is 342 g/mol. The standard InChI is InChI=1S/C10H8Br2F2O/c11-5-1-7(2-5)15-10-8(12)3-6(13)4-9(10)14/h3-5,7H,1-2H2. The number of ether oxygens (including phenoxy) is 1. The molecule has 0 aromatic heterocycles. The highest BCUT2D eigenvalue weighted by atomic mass is 79.9. The van der Waals surface area contributed by atoms with Gasteiger partial charge in [-0.2, -0.15) is 0 Å². The zero-order valence-corrected chi connectivity index (χ0v) is 10.8. The first-order chi connectivity index (χ1) is 7.06. The van der Waals surface area contributed by atoms with Crippen LogP contribution in [0.2, 0.25) is 0 Å². The van der Waals surface area contributed by atoms with Crippen molar-refractivity contribution in [3.63, 3.8) is 0 Å². The minimum Gasteiger partial charge on any atom is -0.486 e. The van der Waals surface area contributed by atoms with E-state index < -0.39 is 11.6 Å². The van der Waals surface area contributed by atoms with Crippen LogP contribution in [-0.2, 0) is 0 Å². The Balaban J connectivity index is 2.14. The first kappa shape index (κ1) is 11.3. The van der Waals surface area contributed by atoms with Gasteiger partial charge < -0.3 is 4.74 Å². The van der Waals surface area contributed by atoms with Crippen LogP contribution in [0.15, 0.2) is 16.6 Å². The number of hydrogen-bond donors (Lipinski definition) is 0. The van der Waals surface area contributed by atoms with Gasteiger partial charge in [-0.15, -0.1) is 0 Å². The van der Waals surface area contributed by atoms with Crippen LogP contribution in [0, 0.1) is 11.6 Å². The molecule has 0 aliphatic heterocycles. The molecule has 0 atom stereocenters. The predicted octanol–water partition coefficient (Wildman–Crippen LogP) is 4.03. The van der Waals surface area contributed by atoms with Gasteiger partial charge in [0.05, 0.1) is 4.47 Å². The van der Waals surface area contributed by atoms with Crippen molar-refractivity contribution >= 4 is 31.9 Å². The molecule has 1 aromatic rings. The fraction of sp³-hybridized carbons (Fsp3) is 0.400. The fourth-order valence-electron chi connectivity index (χ4n) is 1.41. The summed E-state index contributed by atoms with van der Waals surface area (Å²) in [5, 5.41) is 0. The third kappa shape index (κ3) is 2.50. The Labute approximate surface area is 103 Å². The lowest BCUT2D eigenvalue weighted by Gasteiger charge is -2.31. The molecule has 1 saturated carbocycles. The van der Waals surface area contributed by atoms with Gasteiger partial charge in [0, 0.05) is 10.9 Å². The maximum Gasteiger partial charge on any atom is 0.169 e. The van der Waals surface area contributed by atoms with Gasteiger partial charge in [-0.1, -0.05) is 15.9 Å². The Kier molecular flexibility index (Phi) is 3.30. The van der Waals surface area contributed by atoms with Crippen molar-refractivity contribution in [2.45, 2.75) is 23.8 Å². The van der Waals surface area contributed by atoms with Gasteiger partial charge in [-0.05, 0) is 34.8 Å². The second kappa shape index (κ2) is 4.37. The molecule has 1 aromatic carbocycles. The van der Waals surface area contributed by atoms with Crippen LogP contribution in [0.1, 0.15) is 12.8 Å². The molecule has 0 amide bonds. The summed E-state index contributed by atoms with van der Waals surface area (Å²) in [5.74, 6) is -1.18. The minimum absolute atomic E-state index is 0.0191. The van der Waals surface area contributed by atoms with E-state index in [1.54, 1.807) is 0 Å². The molecule has 1 nitrogen and oxygen atoms in total. The summed E-state index contributed by atoms with van der Waals surface area (Å²) >= 11 is 6.50. The first-order valence-corrected chi connectivity index (χ1v) is 6.22. The van der Waals surface area contributed by atoms with Crippen molar-refractivity contribution in [2.24, 2.45) is 0 Å². The van der Waals surface area contributed by atoms with Crippen LogP contribution in [0.3, 0.4) is 0 Å². The molecule has 1 aliphatic rings. The Hall–Kier alpha value is -0.160. The van der Waals surface area contributed by atoms with E-state index in [1.165, 1.54) is 6.07 Å². The van der Waals surface area contributed by atoms with Crippen LogP contribution in [-0.4, -0.2) is 10.9 Å². The number of hydrogen-bond acceptors (Lipinski definition) is 1. The topological polar surface area (TPSA) is 9.23 Å². The molecule has 1 aliphatic carbocycles. The van der Waals surface area contributed by atoms with Gasteiger partial charge in [0.15, 0.2) is 11.6 Å². The highest BCUT2D eigenvalue weighted by molar-refractivity contribution is 9.10. The van der Waals surface area contributed by atoms with E-state index in [9.17, 15) is 8.78 Å². The molecule has 0 bridgehead atoms. The zero-order valence-electron chi connectivity index (χ0n) is 7.64. The second-order valence-electron chi connectivity index (χ2n) is 3.51. The normalized spacial score (nSPS) is 24.8. The van der Waals surface area contributed by atoms with Crippen LogP contribution >= 0.6 is 31.9 Å². The molecule has 0 spiro atoms. The Morgan fingerprint density at radius 2 is 1.93 bits per heavy atom. The summed E-state index contributed by atoms with van der Waals surface area (Å²) in [6.45, 7) is 0. The molecule has 82 valence electrons. The summed E-state index contributed by atoms with van der Waals surface area (Å²) in [7, 11) is 0. The van der Waals surface area contributed by atoms with Crippen LogP contribution in [0.4, 0.5) is 8.78 Å². The summed E-state index contributed by atoms with van der Waals surface area (Å²) in [6, 6.07) is 2.02.